The second-order valence-electron chi connectivity index (χ2n) is 5.52. The molecule has 0 amide bonds. The van der Waals surface area contributed by atoms with Crippen molar-refractivity contribution in [3.8, 4) is 0 Å². The molecule has 0 aliphatic rings. The number of benzene rings is 1. The van der Waals surface area contributed by atoms with Crippen molar-refractivity contribution in [3.63, 3.8) is 0 Å². The Hall–Kier alpha value is -1.54. The lowest BCUT2D eigenvalue weighted by Gasteiger charge is -2.15. The van der Waals surface area contributed by atoms with Crippen LogP contribution in [-0.2, 0) is 6.54 Å². The van der Waals surface area contributed by atoms with E-state index >= 15 is 0 Å². The van der Waals surface area contributed by atoms with Gasteiger partial charge in [-0.25, -0.2) is 0 Å². The quantitative estimate of drug-likeness (QED) is 0.794. The summed E-state index contributed by atoms with van der Waals surface area (Å²) in [5, 5.41) is 3.61. The third-order valence-corrected chi connectivity index (χ3v) is 3.71. The molecule has 108 valence electrons. The van der Waals surface area contributed by atoms with Gasteiger partial charge in [-0.2, -0.15) is 0 Å². The van der Waals surface area contributed by atoms with Gasteiger partial charge in [-0.3, -0.25) is 0 Å². The molecule has 0 spiro atoms. The predicted molar refractivity (Wildman–Crippen MR) is 86.0 cm³/mol. The van der Waals surface area contributed by atoms with Crippen molar-refractivity contribution in [2.75, 3.05) is 6.54 Å². The Labute approximate surface area is 122 Å². The average molecular weight is 270 g/mol. The van der Waals surface area contributed by atoms with Gasteiger partial charge in [0.2, 0.25) is 0 Å². The van der Waals surface area contributed by atoms with Gasteiger partial charge in [-0.05, 0) is 43.5 Å². The number of nitrogens with one attached hydrogen (secondary N) is 1. The fourth-order valence-corrected chi connectivity index (χ4v) is 2.48. The Morgan fingerprint density at radius 1 is 1.10 bits per heavy atom. The molecule has 1 aromatic carbocycles. The van der Waals surface area contributed by atoms with Gasteiger partial charge in [-0.1, -0.05) is 43.7 Å². The minimum Gasteiger partial charge on any atom is -0.350 e. The lowest BCUT2D eigenvalue weighted by Crippen LogP contribution is -2.21. The summed E-state index contributed by atoms with van der Waals surface area (Å²) >= 11 is 0. The number of hydrogen-bond acceptors (Lipinski definition) is 1. The topological polar surface area (TPSA) is 17.0 Å². The van der Waals surface area contributed by atoms with E-state index in [-0.39, 0.29) is 0 Å². The Morgan fingerprint density at radius 3 is 2.50 bits per heavy atom. The molecular formula is C18H26N2. The molecule has 0 bridgehead atoms. The van der Waals surface area contributed by atoms with Gasteiger partial charge in [0.25, 0.3) is 0 Å². The van der Waals surface area contributed by atoms with Gasteiger partial charge in [0.1, 0.15) is 0 Å². The van der Waals surface area contributed by atoms with Gasteiger partial charge in [-0.15, -0.1) is 0 Å². The molecule has 2 heteroatoms. The zero-order valence-electron chi connectivity index (χ0n) is 12.9. The van der Waals surface area contributed by atoms with Crippen molar-refractivity contribution in [1.82, 2.24) is 9.88 Å². The van der Waals surface area contributed by atoms with Crippen molar-refractivity contribution >= 4 is 0 Å². The monoisotopic (exact) mass is 270 g/mol. The highest BCUT2D eigenvalue weighted by Crippen LogP contribution is 2.17. The molecule has 2 aromatic rings. The van der Waals surface area contributed by atoms with Gasteiger partial charge in [0.05, 0.1) is 0 Å². The van der Waals surface area contributed by atoms with E-state index in [2.05, 4.69) is 73.4 Å². The normalized spacial score (nSPS) is 12.6. The zero-order chi connectivity index (χ0) is 14.4. The Morgan fingerprint density at radius 2 is 1.85 bits per heavy atom. The third kappa shape index (κ3) is 3.97. The molecule has 1 aromatic heterocycles. The van der Waals surface area contributed by atoms with E-state index in [1.807, 2.05) is 0 Å². The van der Waals surface area contributed by atoms with E-state index < -0.39 is 0 Å². The SMILES string of the molecule is CCCNC(CC)c1ccn(Cc2ccc(C)cc2)c1. The second-order valence-corrected chi connectivity index (χ2v) is 5.52. The van der Waals surface area contributed by atoms with Crippen molar-refractivity contribution in [2.24, 2.45) is 0 Å². The first kappa shape index (κ1) is 14.9. The lowest BCUT2D eigenvalue weighted by atomic mass is 10.1. The van der Waals surface area contributed by atoms with E-state index in [1.54, 1.807) is 0 Å². The summed E-state index contributed by atoms with van der Waals surface area (Å²) in [5.41, 5.74) is 4.07. The van der Waals surface area contributed by atoms with Crippen LogP contribution in [0.4, 0.5) is 0 Å². The molecule has 2 nitrogen and oxygen atoms in total. The van der Waals surface area contributed by atoms with Crippen LogP contribution in [0.1, 0.15) is 49.4 Å². The average Bonchev–Trinajstić information content (AvgIpc) is 2.91. The minimum atomic E-state index is 0.481. The highest BCUT2D eigenvalue weighted by molar-refractivity contribution is 5.23. The van der Waals surface area contributed by atoms with Crippen LogP contribution >= 0.6 is 0 Å². The van der Waals surface area contributed by atoms with Crippen molar-refractivity contribution in [2.45, 2.75) is 46.2 Å². The molecule has 0 fully saturated rings. The Kier molecular flexibility index (Phi) is 5.42. The summed E-state index contributed by atoms with van der Waals surface area (Å²) in [6.45, 7) is 8.61. The molecule has 20 heavy (non-hydrogen) atoms. The molecule has 0 aliphatic carbocycles. The highest BCUT2D eigenvalue weighted by atomic mass is 15.0. The van der Waals surface area contributed by atoms with E-state index in [4.69, 9.17) is 0 Å². The minimum absolute atomic E-state index is 0.481. The summed E-state index contributed by atoms with van der Waals surface area (Å²) in [7, 11) is 0. The second kappa shape index (κ2) is 7.30. The van der Waals surface area contributed by atoms with Gasteiger partial charge in [0.15, 0.2) is 0 Å². The maximum atomic E-state index is 3.61. The molecule has 0 saturated carbocycles. The predicted octanol–water partition coefficient (Wildman–Crippen LogP) is 4.30. The van der Waals surface area contributed by atoms with Gasteiger partial charge in [0, 0.05) is 25.0 Å². The van der Waals surface area contributed by atoms with E-state index in [9.17, 15) is 0 Å². The fourth-order valence-electron chi connectivity index (χ4n) is 2.48. The van der Waals surface area contributed by atoms with Crippen LogP contribution in [0.3, 0.4) is 0 Å². The Balaban J connectivity index is 2.02. The maximum absolute atomic E-state index is 3.61. The number of aromatic nitrogens is 1. The van der Waals surface area contributed by atoms with Crippen LogP contribution < -0.4 is 5.32 Å². The number of rotatable bonds is 7. The third-order valence-electron chi connectivity index (χ3n) is 3.71. The molecule has 0 aliphatic heterocycles. The van der Waals surface area contributed by atoms with Gasteiger partial charge >= 0.3 is 0 Å². The molecule has 1 atom stereocenters. The highest BCUT2D eigenvalue weighted by Gasteiger charge is 2.09. The number of hydrogen-bond donors (Lipinski definition) is 1. The van der Waals surface area contributed by atoms with Crippen LogP contribution in [0.15, 0.2) is 42.7 Å². The summed E-state index contributed by atoms with van der Waals surface area (Å²) in [4.78, 5) is 0. The van der Waals surface area contributed by atoms with E-state index in [1.165, 1.54) is 23.1 Å². The summed E-state index contributed by atoms with van der Waals surface area (Å²) in [6.07, 6.45) is 6.78. The maximum Gasteiger partial charge on any atom is 0.0470 e. The summed E-state index contributed by atoms with van der Waals surface area (Å²) in [5.74, 6) is 0. The van der Waals surface area contributed by atoms with Crippen LogP contribution in [0.5, 0.6) is 0 Å². The Bertz CT molecular complexity index is 510. The van der Waals surface area contributed by atoms with Crippen LogP contribution in [-0.4, -0.2) is 11.1 Å². The molecule has 0 saturated heterocycles. The van der Waals surface area contributed by atoms with Gasteiger partial charge < -0.3 is 9.88 Å². The lowest BCUT2D eigenvalue weighted by molar-refractivity contribution is 0.517. The molecule has 1 heterocycles. The summed E-state index contributed by atoms with van der Waals surface area (Å²) in [6, 6.07) is 11.5. The molecule has 1 N–H and O–H groups in total. The van der Waals surface area contributed by atoms with Crippen LogP contribution in [0.2, 0.25) is 0 Å². The smallest absolute Gasteiger partial charge is 0.0470 e. The molecule has 2 rings (SSSR count). The summed E-state index contributed by atoms with van der Waals surface area (Å²) < 4.78 is 2.27. The number of nitrogens with zero attached hydrogens (tertiary/aromatic N) is 1. The first-order valence-electron chi connectivity index (χ1n) is 7.67. The first-order chi connectivity index (χ1) is 9.72. The molecular weight excluding hydrogens is 244 g/mol. The zero-order valence-corrected chi connectivity index (χ0v) is 12.9. The standard InChI is InChI=1S/C18H26N2/c1-4-11-19-18(5-2)17-10-12-20(14-17)13-16-8-6-15(3)7-9-16/h6-10,12,14,18-19H,4-5,11,13H2,1-3H3. The van der Waals surface area contributed by atoms with Crippen molar-refractivity contribution < 1.29 is 0 Å². The van der Waals surface area contributed by atoms with Crippen molar-refractivity contribution in [1.29, 1.82) is 0 Å². The van der Waals surface area contributed by atoms with Crippen LogP contribution in [0.25, 0.3) is 0 Å². The van der Waals surface area contributed by atoms with E-state index in [0.717, 1.165) is 19.5 Å². The van der Waals surface area contributed by atoms with Crippen molar-refractivity contribution in [3.05, 3.63) is 59.4 Å². The largest absolute Gasteiger partial charge is 0.350 e. The molecule has 1 unspecified atom stereocenters. The first-order valence-corrected chi connectivity index (χ1v) is 7.67. The van der Waals surface area contributed by atoms with E-state index in [0.29, 0.717) is 6.04 Å². The fraction of sp³-hybridized carbons (Fsp3) is 0.444. The van der Waals surface area contributed by atoms with Crippen LogP contribution in [0, 0.1) is 6.92 Å². The molecule has 0 radical (unpaired) electrons. The number of aryl methyl sites for hydroxylation is 1.